The molecule has 0 atom stereocenters. The number of hydrogen-bond acceptors (Lipinski definition) is 4. The van der Waals surface area contributed by atoms with E-state index in [9.17, 15) is 0 Å². The fraction of sp³-hybridized carbons (Fsp3) is 0.0455. The molecule has 0 spiro atoms. The normalized spacial score (nSPS) is 11.5. The maximum atomic E-state index is 5.08. The van der Waals surface area contributed by atoms with Crippen LogP contribution in [-0.4, -0.2) is 19.9 Å². The van der Waals surface area contributed by atoms with E-state index < -0.39 is 0 Å². The summed E-state index contributed by atoms with van der Waals surface area (Å²) in [5.74, 6) is 0. The second kappa shape index (κ2) is 11.2. The number of aromatic nitrogens is 4. The molecular weight excluding hydrogens is 585 g/mol. The van der Waals surface area contributed by atoms with E-state index in [-0.39, 0.29) is 0 Å². The summed E-state index contributed by atoms with van der Waals surface area (Å²) in [5.41, 5.74) is 14.5. The topological polar surface area (TPSA) is 51.6 Å². The SMILES string of the molecule is Cc1ccc2ccc3ccc(-c4ccc(-c5ccccc5-c5ccc(-c6ccc7ccc8ccc(C)nc8c7n6)cc5)cc4)nc3c2n1. The van der Waals surface area contributed by atoms with Gasteiger partial charge >= 0.3 is 0 Å². The Balaban J connectivity index is 1.04. The lowest BCUT2D eigenvalue weighted by atomic mass is 9.93. The third kappa shape index (κ3) is 4.86. The molecule has 0 unspecified atom stereocenters. The predicted molar refractivity (Wildman–Crippen MR) is 199 cm³/mol. The van der Waals surface area contributed by atoms with Crippen LogP contribution in [0.15, 0.2) is 146 Å². The van der Waals surface area contributed by atoms with Crippen LogP contribution < -0.4 is 0 Å². The van der Waals surface area contributed by atoms with Gasteiger partial charge in [0.1, 0.15) is 0 Å². The van der Waals surface area contributed by atoms with Crippen LogP contribution >= 0.6 is 0 Å². The molecule has 4 heteroatoms. The van der Waals surface area contributed by atoms with Crippen LogP contribution in [0.25, 0.3) is 88.4 Å². The molecule has 9 rings (SSSR count). The molecule has 226 valence electrons. The molecule has 0 N–H and O–H groups in total. The van der Waals surface area contributed by atoms with Crippen molar-refractivity contribution in [2.75, 3.05) is 0 Å². The van der Waals surface area contributed by atoms with Gasteiger partial charge in [-0.1, -0.05) is 121 Å². The van der Waals surface area contributed by atoms with Gasteiger partial charge in [0.2, 0.25) is 0 Å². The Hall–Kier alpha value is -6.26. The molecule has 4 nitrogen and oxygen atoms in total. The first kappa shape index (κ1) is 28.0. The molecule has 0 aliphatic heterocycles. The molecule has 4 heterocycles. The molecule has 5 aromatic carbocycles. The van der Waals surface area contributed by atoms with Crippen molar-refractivity contribution in [1.82, 2.24) is 19.9 Å². The van der Waals surface area contributed by atoms with Crippen LogP contribution in [0, 0.1) is 13.8 Å². The van der Waals surface area contributed by atoms with E-state index in [0.717, 1.165) is 88.6 Å². The smallest absolute Gasteiger partial charge is 0.0972 e. The largest absolute Gasteiger partial charge is 0.251 e. The van der Waals surface area contributed by atoms with Crippen molar-refractivity contribution in [1.29, 1.82) is 0 Å². The first-order valence-corrected chi connectivity index (χ1v) is 16.2. The molecule has 0 fully saturated rings. The van der Waals surface area contributed by atoms with Crippen LogP contribution in [0.5, 0.6) is 0 Å². The van der Waals surface area contributed by atoms with E-state index in [4.69, 9.17) is 19.9 Å². The Morgan fingerprint density at radius 2 is 0.604 bits per heavy atom. The second-order valence-electron chi connectivity index (χ2n) is 12.4. The lowest BCUT2D eigenvalue weighted by Crippen LogP contribution is -1.91. The first-order valence-electron chi connectivity index (χ1n) is 16.2. The number of aryl methyl sites for hydroxylation is 2. The molecule has 0 saturated heterocycles. The second-order valence-corrected chi connectivity index (χ2v) is 12.4. The Morgan fingerprint density at radius 1 is 0.292 bits per heavy atom. The quantitative estimate of drug-likeness (QED) is 0.185. The maximum absolute atomic E-state index is 5.08. The number of fused-ring (bicyclic) bond motifs is 6. The highest BCUT2D eigenvalue weighted by Gasteiger charge is 2.12. The summed E-state index contributed by atoms with van der Waals surface area (Å²) in [7, 11) is 0. The lowest BCUT2D eigenvalue weighted by Gasteiger charge is -2.12. The van der Waals surface area contributed by atoms with Crippen molar-refractivity contribution in [2.45, 2.75) is 13.8 Å². The molecule has 0 aliphatic rings. The van der Waals surface area contributed by atoms with Gasteiger partial charge in [-0.3, -0.25) is 9.97 Å². The van der Waals surface area contributed by atoms with Crippen LogP contribution in [0.2, 0.25) is 0 Å². The zero-order chi connectivity index (χ0) is 32.2. The fourth-order valence-electron chi connectivity index (χ4n) is 6.68. The predicted octanol–water partition coefficient (Wildman–Crippen LogP) is 11.2. The van der Waals surface area contributed by atoms with Gasteiger partial charge < -0.3 is 0 Å². The first-order chi connectivity index (χ1) is 23.6. The van der Waals surface area contributed by atoms with Gasteiger partial charge in [0.15, 0.2) is 0 Å². The van der Waals surface area contributed by atoms with Crippen molar-refractivity contribution in [2.24, 2.45) is 0 Å². The van der Waals surface area contributed by atoms with Crippen LogP contribution in [-0.2, 0) is 0 Å². The minimum Gasteiger partial charge on any atom is -0.251 e. The summed E-state index contributed by atoms with van der Waals surface area (Å²) < 4.78 is 0. The summed E-state index contributed by atoms with van der Waals surface area (Å²) in [6.07, 6.45) is 0. The summed E-state index contributed by atoms with van der Waals surface area (Å²) in [4.78, 5) is 19.8. The zero-order valence-corrected chi connectivity index (χ0v) is 26.6. The standard InChI is InChI=1S/C44H30N4/c1-27-7-9-33-19-21-35-23-25-39(47-43(35)41(33)45-27)31-15-11-29(12-16-31)37-5-3-4-6-38(37)30-13-17-32(18-14-30)40-26-24-36-22-20-34-10-8-28(2)46-42(34)44(36)48-40/h3-26H,1-2H3. The zero-order valence-electron chi connectivity index (χ0n) is 26.6. The summed E-state index contributed by atoms with van der Waals surface area (Å²) in [6.45, 7) is 4.05. The summed E-state index contributed by atoms with van der Waals surface area (Å²) in [5, 5.41) is 4.40. The van der Waals surface area contributed by atoms with Gasteiger partial charge in [0.25, 0.3) is 0 Å². The third-order valence-corrected chi connectivity index (χ3v) is 9.23. The van der Waals surface area contributed by atoms with Crippen molar-refractivity contribution >= 4 is 43.6 Å². The van der Waals surface area contributed by atoms with Gasteiger partial charge in [-0.05, 0) is 60.4 Å². The Bertz CT molecular complexity index is 2490. The summed E-state index contributed by atoms with van der Waals surface area (Å²) in [6, 6.07) is 51.3. The van der Waals surface area contributed by atoms with E-state index in [0.29, 0.717) is 0 Å². The van der Waals surface area contributed by atoms with Gasteiger partial charge in [0.05, 0.1) is 33.5 Å². The van der Waals surface area contributed by atoms with Gasteiger partial charge in [-0.2, -0.15) is 0 Å². The van der Waals surface area contributed by atoms with Crippen LogP contribution in [0.3, 0.4) is 0 Å². The van der Waals surface area contributed by atoms with Crippen molar-refractivity contribution in [3.63, 3.8) is 0 Å². The Labute approximate surface area is 278 Å². The van der Waals surface area contributed by atoms with Crippen molar-refractivity contribution in [3.05, 3.63) is 157 Å². The molecule has 0 radical (unpaired) electrons. The van der Waals surface area contributed by atoms with E-state index in [1.54, 1.807) is 0 Å². The molecule has 0 aliphatic carbocycles. The highest BCUT2D eigenvalue weighted by Crippen LogP contribution is 2.35. The lowest BCUT2D eigenvalue weighted by molar-refractivity contribution is 1.25. The van der Waals surface area contributed by atoms with Gasteiger partial charge in [-0.25, -0.2) is 9.97 Å². The Morgan fingerprint density at radius 3 is 1.00 bits per heavy atom. The molecule has 0 bridgehead atoms. The van der Waals surface area contributed by atoms with E-state index in [2.05, 4.69) is 133 Å². The highest BCUT2D eigenvalue weighted by atomic mass is 14.8. The van der Waals surface area contributed by atoms with E-state index in [1.807, 2.05) is 26.0 Å². The van der Waals surface area contributed by atoms with Crippen molar-refractivity contribution < 1.29 is 0 Å². The average Bonchev–Trinajstić information content (AvgIpc) is 3.14. The van der Waals surface area contributed by atoms with Crippen LogP contribution in [0.4, 0.5) is 0 Å². The Kier molecular flexibility index (Phi) is 6.54. The molecule has 0 saturated carbocycles. The average molecular weight is 615 g/mol. The minimum absolute atomic E-state index is 0.936. The summed E-state index contributed by atoms with van der Waals surface area (Å²) >= 11 is 0. The number of pyridine rings is 4. The third-order valence-electron chi connectivity index (χ3n) is 9.23. The molecular formula is C44H30N4. The molecule has 4 aromatic heterocycles. The molecule has 9 aromatic rings. The van der Waals surface area contributed by atoms with Crippen molar-refractivity contribution in [3.8, 4) is 44.8 Å². The van der Waals surface area contributed by atoms with Gasteiger partial charge in [-0.15, -0.1) is 0 Å². The monoisotopic (exact) mass is 614 g/mol. The van der Waals surface area contributed by atoms with E-state index in [1.165, 1.54) is 11.1 Å². The number of nitrogens with zero attached hydrogens (tertiary/aromatic N) is 4. The number of benzene rings is 5. The maximum Gasteiger partial charge on any atom is 0.0972 e. The highest BCUT2D eigenvalue weighted by molar-refractivity contribution is 6.04. The van der Waals surface area contributed by atoms with E-state index >= 15 is 0 Å². The fourth-order valence-corrected chi connectivity index (χ4v) is 6.68. The van der Waals surface area contributed by atoms with Gasteiger partial charge in [0, 0.05) is 44.1 Å². The molecule has 48 heavy (non-hydrogen) atoms. The van der Waals surface area contributed by atoms with Crippen LogP contribution in [0.1, 0.15) is 11.4 Å². The minimum atomic E-state index is 0.936. The number of rotatable bonds is 4. The number of hydrogen-bond donors (Lipinski definition) is 0. The molecule has 0 amide bonds.